The van der Waals surface area contributed by atoms with E-state index in [1.54, 1.807) is 31.4 Å². The van der Waals surface area contributed by atoms with Crippen LogP contribution in [-0.4, -0.2) is 59.2 Å². The van der Waals surface area contributed by atoms with Gasteiger partial charge in [-0.1, -0.05) is 11.2 Å². The summed E-state index contributed by atoms with van der Waals surface area (Å²) in [6.07, 6.45) is 3.38. The zero-order valence-electron chi connectivity index (χ0n) is 18.0. The molecule has 1 saturated heterocycles. The quantitative estimate of drug-likeness (QED) is 0.514. The average Bonchev–Trinajstić information content (AvgIpc) is 3.48. The molecular weight excluding hydrogens is 408 g/mol. The number of amides is 1. The number of aromatic nitrogens is 3. The molecule has 5 heterocycles. The van der Waals surface area contributed by atoms with Gasteiger partial charge in [-0.3, -0.25) is 4.79 Å². The monoisotopic (exact) mass is 432 g/mol. The molecule has 5 rings (SSSR count). The van der Waals surface area contributed by atoms with Crippen LogP contribution in [0.2, 0.25) is 0 Å². The first-order valence-corrected chi connectivity index (χ1v) is 10.6. The van der Waals surface area contributed by atoms with Gasteiger partial charge in [-0.05, 0) is 43.8 Å². The highest BCUT2D eigenvalue weighted by molar-refractivity contribution is 6.06. The van der Waals surface area contributed by atoms with Crippen LogP contribution in [0.5, 0.6) is 0 Å². The molecule has 0 atom stereocenters. The molecule has 0 bridgehead atoms. The molecule has 1 N–H and O–H groups in total. The fourth-order valence-corrected chi connectivity index (χ4v) is 3.85. The zero-order valence-corrected chi connectivity index (χ0v) is 18.0. The van der Waals surface area contributed by atoms with Gasteiger partial charge in [0.25, 0.3) is 11.6 Å². The number of likely N-dealkylation sites (N-methyl/N-ethyl adjacent to an activating group) is 1. The number of furan rings is 1. The highest BCUT2D eigenvalue weighted by Crippen LogP contribution is 2.27. The number of carbonyl (C=O) groups excluding carboxylic acids is 1. The molecule has 0 radical (unpaired) electrons. The fourth-order valence-electron chi connectivity index (χ4n) is 3.85. The Bertz CT molecular complexity index is 1220. The van der Waals surface area contributed by atoms with Crippen molar-refractivity contribution < 1.29 is 13.7 Å². The van der Waals surface area contributed by atoms with Crippen LogP contribution in [0.15, 0.2) is 51.7 Å². The predicted octanol–water partition coefficient (Wildman–Crippen LogP) is 2.87. The summed E-state index contributed by atoms with van der Waals surface area (Å²) in [4.78, 5) is 26.7. The number of pyridine rings is 2. The maximum atomic E-state index is 13.1. The topological polar surface area (TPSA) is 101 Å². The lowest BCUT2D eigenvalue weighted by atomic mass is 10.1. The largest absolute Gasteiger partial charge is 0.463 e. The first kappa shape index (κ1) is 20.2. The van der Waals surface area contributed by atoms with Crippen molar-refractivity contribution in [3.05, 3.63) is 59.6 Å². The van der Waals surface area contributed by atoms with Crippen LogP contribution in [0.3, 0.4) is 0 Å². The fraction of sp³-hybridized carbons (Fsp3) is 0.304. The smallest absolute Gasteiger partial charge is 0.259 e. The number of hydrogen-bond donors (Lipinski definition) is 1. The Kier molecular flexibility index (Phi) is 5.32. The van der Waals surface area contributed by atoms with E-state index in [0.717, 1.165) is 37.6 Å². The van der Waals surface area contributed by atoms with Gasteiger partial charge in [0.2, 0.25) is 0 Å². The van der Waals surface area contributed by atoms with E-state index in [1.807, 2.05) is 18.3 Å². The normalized spacial score (nSPS) is 14.8. The highest BCUT2D eigenvalue weighted by atomic mass is 16.5. The summed E-state index contributed by atoms with van der Waals surface area (Å²) in [6.45, 7) is 6.14. The van der Waals surface area contributed by atoms with E-state index in [2.05, 4.69) is 37.3 Å². The van der Waals surface area contributed by atoms with Crippen LogP contribution in [-0.2, 0) is 6.54 Å². The first-order valence-electron chi connectivity index (χ1n) is 10.6. The maximum Gasteiger partial charge on any atom is 0.259 e. The first-order chi connectivity index (χ1) is 15.6. The number of hydrogen-bond acceptors (Lipinski definition) is 8. The number of carbonyl (C=O) groups is 1. The molecule has 32 heavy (non-hydrogen) atoms. The van der Waals surface area contributed by atoms with Gasteiger partial charge in [0.1, 0.15) is 11.5 Å². The van der Waals surface area contributed by atoms with Crippen molar-refractivity contribution in [1.29, 1.82) is 0 Å². The van der Waals surface area contributed by atoms with Crippen molar-refractivity contribution in [3.63, 3.8) is 0 Å². The van der Waals surface area contributed by atoms with E-state index in [-0.39, 0.29) is 5.91 Å². The Morgan fingerprint density at radius 3 is 2.75 bits per heavy atom. The van der Waals surface area contributed by atoms with Crippen molar-refractivity contribution in [2.75, 3.05) is 38.1 Å². The van der Waals surface area contributed by atoms with Crippen LogP contribution >= 0.6 is 0 Å². The molecule has 0 saturated carbocycles. The lowest BCUT2D eigenvalue weighted by Crippen LogP contribution is -2.44. The van der Waals surface area contributed by atoms with E-state index in [1.165, 1.54) is 0 Å². The molecule has 1 aliphatic rings. The van der Waals surface area contributed by atoms with Gasteiger partial charge in [-0.15, -0.1) is 0 Å². The lowest BCUT2D eigenvalue weighted by Gasteiger charge is -2.33. The lowest BCUT2D eigenvalue weighted by molar-refractivity contribution is 0.0952. The Balaban J connectivity index is 1.32. The minimum Gasteiger partial charge on any atom is -0.463 e. The molecule has 164 valence electrons. The average molecular weight is 432 g/mol. The summed E-state index contributed by atoms with van der Waals surface area (Å²) in [5.41, 5.74) is 2.81. The molecule has 1 aliphatic heterocycles. The van der Waals surface area contributed by atoms with Crippen LogP contribution in [0.1, 0.15) is 21.6 Å². The third kappa shape index (κ3) is 3.94. The number of fused-ring (bicyclic) bond motifs is 1. The second-order valence-electron chi connectivity index (χ2n) is 7.98. The minimum absolute atomic E-state index is 0.236. The molecule has 0 unspecified atom stereocenters. The minimum atomic E-state index is -0.236. The van der Waals surface area contributed by atoms with Gasteiger partial charge in [0.15, 0.2) is 5.76 Å². The van der Waals surface area contributed by atoms with Gasteiger partial charge in [-0.2, -0.15) is 0 Å². The van der Waals surface area contributed by atoms with E-state index in [0.29, 0.717) is 40.4 Å². The number of nitrogens with one attached hydrogen (secondary N) is 1. The summed E-state index contributed by atoms with van der Waals surface area (Å²) in [7, 11) is 2.13. The van der Waals surface area contributed by atoms with E-state index < -0.39 is 0 Å². The van der Waals surface area contributed by atoms with Crippen LogP contribution in [0.25, 0.3) is 22.6 Å². The summed E-state index contributed by atoms with van der Waals surface area (Å²) < 4.78 is 10.8. The Labute approximate surface area is 185 Å². The van der Waals surface area contributed by atoms with Gasteiger partial charge < -0.3 is 24.1 Å². The molecule has 4 aromatic heterocycles. The van der Waals surface area contributed by atoms with Gasteiger partial charge in [0, 0.05) is 38.9 Å². The number of piperazine rings is 1. The van der Waals surface area contributed by atoms with Crippen molar-refractivity contribution >= 4 is 22.8 Å². The number of anilines is 1. The standard InChI is InChI=1S/C23H24N6O3/c1-15-21-17(12-18(19-4-3-11-31-19)26-23(21)32-27-15)22(30)25-14-16-5-6-20(24-13-16)29-9-7-28(2)8-10-29/h3-6,11-13H,7-10,14H2,1-2H3,(H,25,30). The predicted molar refractivity (Wildman–Crippen MR) is 119 cm³/mol. The van der Waals surface area contributed by atoms with Crippen LogP contribution in [0, 0.1) is 6.92 Å². The molecule has 9 heteroatoms. The van der Waals surface area contributed by atoms with Crippen molar-refractivity contribution in [2.45, 2.75) is 13.5 Å². The van der Waals surface area contributed by atoms with Gasteiger partial charge in [-0.25, -0.2) is 9.97 Å². The van der Waals surface area contributed by atoms with Crippen LogP contribution < -0.4 is 10.2 Å². The number of rotatable bonds is 5. The third-order valence-electron chi connectivity index (χ3n) is 5.72. The Morgan fingerprint density at radius 2 is 2.03 bits per heavy atom. The van der Waals surface area contributed by atoms with E-state index >= 15 is 0 Å². The van der Waals surface area contributed by atoms with E-state index in [4.69, 9.17) is 8.94 Å². The molecule has 1 fully saturated rings. The summed E-state index contributed by atoms with van der Waals surface area (Å²) in [6, 6.07) is 9.27. The van der Waals surface area contributed by atoms with Gasteiger partial charge in [0.05, 0.1) is 22.9 Å². The molecule has 1 amide bonds. The zero-order chi connectivity index (χ0) is 22.1. The number of aryl methyl sites for hydroxylation is 1. The van der Waals surface area contributed by atoms with Crippen molar-refractivity contribution in [3.8, 4) is 11.5 Å². The molecule has 0 spiro atoms. The molecule has 9 nitrogen and oxygen atoms in total. The van der Waals surface area contributed by atoms with Gasteiger partial charge >= 0.3 is 0 Å². The SMILES string of the molecule is Cc1noc2nc(-c3ccco3)cc(C(=O)NCc3ccc(N4CCN(C)CC4)nc3)c12. The summed E-state index contributed by atoms with van der Waals surface area (Å²) >= 11 is 0. The summed E-state index contributed by atoms with van der Waals surface area (Å²) in [5.74, 6) is 1.28. The second-order valence-corrected chi connectivity index (χ2v) is 7.98. The second kappa shape index (κ2) is 8.43. The van der Waals surface area contributed by atoms with Crippen molar-refractivity contribution in [1.82, 2.24) is 25.3 Å². The molecule has 0 aliphatic carbocycles. The van der Waals surface area contributed by atoms with Crippen LogP contribution in [0.4, 0.5) is 5.82 Å². The van der Waals surface area contributed by atoms with E-state index in [9.17, 15) is 4.79 Å². The van der Waals surface area contributed by atoms with Crippen molar-refractivity contribution in [2.24, 2.45) is 0 Å². The Morgan fingerprint density at radius 1 is 1.19 bits per heavy atom. The molecule has 0 aromatic carbocycles. The molecule has 4 aromatic rings. The maximum absolute atomic E-state index is 13.1. The Hall–Kier alpha value is -3.72. The third-order valence-corrected chi connectivity index (χ3v) is 5.72. The summed E-state index contributed by atoms with van der Waals surface area (Å²) in [5, 5.41) is 7.55. The highest BCUT2D eigenvalue weighted by Gasteiger charge is 2.20. The molecular formula is C23H24N6O3. The number of nitrogens with zero attached hydrogens (tertiary/aromatic N) is 5.